The second-order valence-electron chi connectivity index (χ2n) is 5.99. The van der Waals surface area contributed by atoms with Gasteiger partial charge in [-0.2, -0.15) is 4.31 Å². The molecule has 3 heterocycles. The maximum absolute atomic E-state index is 12.7. The van der Waals surface area contributed by atoms with Crippen molar-refractivity contribution in [3.05, 3.63) is 42.6 Å². The molecule has 2 aromatic heterocycles. The van der Waals surface area contributed by atoms with Gasteiger partial charge >= 0.3 is 0 Å². The molecule has 0 atom stereocenters. The van der Waals surface area contributed by atoms with E-state index in [0.717, 1.165) is 24.8 Å². The van der Waals surface area contributed by atoms with Gasteiger partial charge in [0.2, 0.25) is 15.9 Å². The summed E-state index contributed by atoms with van der Waals surface area (Å²) >= 11 is 0. The smallest absolute Gasteiger partial charge is 0.264 e. The number of benzene rings is 1. The number of piperidine rings is 1. The van der Waals surface area contributed by atoms with Gasteiger partial charge in [0.15, 0.2) is 0 Å². The van der Waals surface area contributed by atoms with Gasteiger partial charge < -0.3 is 9.40 Å². The van der Waals surface area contributed by atoms with E-state index >= 15 is 0 Å². The largest absolute Gasteiger partial charge is 0.415 e. The number of sulfonamides is 1. The number of aromatic amines is 1. The van der Waals surface area contributed by atoms with Crippen LogP contribution in [0.1, 0.15) is 19.3 Å². The zero-order chi connectivity index (χ0) is 17.3. The number of hydrogen-bond donors (Lipinski definition) is 1. The summed E-state index contributed by atoms with van der Waals surface area (Å²) in [5.41, 5.74) is 1.30. The minimum atomic E-state index is -3.48. The lowest BCUT2D eigenvalue weighted by molar-refractivity contribution is 0.346. The van der Waals surface area contributed by atoms with Gasteiger partial charge in [0.05, 0.1) is 0 Å². The Labute approximate surface area is 145 Å². The minimum absolute atomic E-state index is 0.226. The highest BCUT2D eigenvalue weighted by molar-refractivity contribution is 7.89. The van der Waals surface area contributed by atoms with E-state index in [-0.39, 0.29) is 10.8 Å². The first-order valence-corrected chi connectivity index (χ1v) is 9.66. The maximum Gasteiger partial charge on any atom is 0.264 e. The number of aromatic nitrogens is 3. The Morgan fingerprint density at radius 1 is 1.00 bits per heavy atom. The van der Waals surface area contributed by atoms with Crippen LogP contribution in [-0.2, 0) is 10.0 Å². The summed E-state index contributed by atoms with van der Waals surface area (Å²) in [6.45, 7) is 1.14. The molecule has 1 fully saturated rings. The molecule has 0 amide bonds. The number of hydrogen-bond acceptors (Lipinski definition) is 5. The molecule has 1 N–H and O–H groups in total. The molecule has 0 radical (unpaired) electrons. The summed E-state index contributed by atoms with van der Waals surface area (Å²) in [5.74, 6) is 0.657. The topological polar surface area (TPSA) is 92.1 Å². The van der Waals surface area contributed by atoms with Crippen molar-refractivity contribution >= 4 is 10.0 Å². The Hall–Kier alpha value is -2.45. The molecule has 1 aliphatic rings. The lowest BCUT2D eigenvalue weighted by atomic mass is 10.2. The lowest BCUT2D eigenvalue weighted by Gasteiger charge is -2.25. The van der Waals surface area contributed by atoms with Crippen LogP contribution in [0.25, 0.3) is 23.0 Å². The first kappa shape index (κ1) is 16.0. The van der Waals surface area contributed by atoms with Gasteiger partial charge in [-0.1, -0.05) is 24.6 Å². The Balaban J connectivity index is 1.60. The van der Waals surface area contributed by atoms with Crippen LogP contribution in [0, 0.1) is 0 Å². The van der Waals surface area contributed by atoms with E-state index in [1.807, 2.05) is 30.3 Å². The van der Waals surface area contributed by atoms with E-state index in [1.165, 1.54) is 10.5 Å². The monoisotopic (exact) mass is 358 g/mol. The van der Waals surface area contributed by atoms with Crippen LogP contribution in [-0.4, -0.2) is 41.0 Å². The summed E-state index contributed by atoms with van der Waals surface area (Å²) in [5, 5.41) is 8.04. The molecule has 0 bridgehead atoms. The fourth-order valence-electron chi connectivity index (χ4n) is 2.93. The Bertz CT molecular complexity index is 957. The highest BCUT2D eigenvalue weighted by atomic mass is 32.2. The zero-order valence-corrected chi connectivity index (χ0v) is 14.4. The molecule has 25 heavy (non-hydrogen) atoms. The van der Waals surface area contributed by atoms with Gasteiger partial charge in [-0.25, -0.2) is 8.42 Å². The quantitative estimate of drug-likeness (QED) is 0.774. The SMILES string of the molecule is O=S(=O)(c1c[nH]c(-c2nnc(-c3ccccc3)o2)c1)N1CCCCC1. The van der Waals surface area contributed by atoms with Crippen LogP contribution in [0.5, 0.6) is 0 Å². The van der Waals surface area contributed by atoms with Crippen molar-refractivity contribution < 1.29 is 12.8 Å². The van der Waals surface area contributed by atoms with E-state index in [1.54, 1.807) is 6.07 Å². The molecular formula is C17H18N4O3S. The average molecular weight is 358 g/mol. The summed E-state index contributed by atoms with van der Waals surface area (Å²) in [7, 11) is -3.48. The van der Waals surface area contributed by atoms with E-state index in [2.05, 4.69) is 15.2 Å². The fraction of sp³-hybridized carbons (Fsp3) is 0.294. The van der Waals surface area contributed by atoms with E-state index in [0.29, 0.717) is 24.7 Å². The van der Waals surface area contributed by atoms with E-state index < -0.39 is 10.0 Å². The van der Waals surface area contributed by atoms with Crippen LogP contribution in [0.4, 0.5) is 0 Å². The second-order valence-corrected chi connectivity index (χ2v) is 7.93. The number of H-pyrrole nitrogens is 1. The molecule has 0 saturated carbocycles. The Morgan fingerprint density at radius 2 is 1.72 bits per heavy atom. The highest BCUT2D eigenvalue weighted by Crippen LogP contribution is 2.27. The molecule has 7 nitrogen and oxygen atoms in total. The second kappa shape index (κ2) is 6.45. The first-order chi connectivity index (χ1) is 12.1. The fourth-order valence-corrected chi connectivity index (χ4v) is 4.44. The van der Waals surface area contributed by atoms with Crippen LogP contribution < -0.4 is 0 Å². The third kappa shape index (κ3) is 3.10. The van der Waals surface area contributed by atoms with Gasteiger partial charge in [0.25, 0.3) is 5.89 Å². The van der Waals surface area contributed by atoms with Crippen molar-refractivity contribution in [1.82, 2.24) is 19.5 Å². The standard InChI is InChI=1S/C17H18N4O3S/c22-25(23,21-9-5-2-6-10-21)14-11-15(18-12-14)17-20-19-16(24-17)13-7-3-1-4-8-13/h1,3-4,7-8,11-12,18H,2,5-6,9-10H2. The highest BCUT2D eigenvalue weighted by Gasteiger charge is 2.27. The predicted octanol–water partition coefficient (Wildman–Crippen LogP) is 2.91. The average Bonchev–Trinajstić information content (AvgIpc) is 3.33. The first-order valence-electron chi connectivity index (χ1n) is 8.22. The van der Waals surface area contributed by atoms with Crippen molar-refractivity contribution in [3.8, 4) is 23.0 Å². The number of nitrogens with one attached hydrogen (secondary N) is 1. The van der Waals surface area contributed by atoms with E-state index in [4.69, 9.17) is 4.42 Å². The van der Waals surface area contributed by atoms with Gasteiger partial charge in [0.1, 0.15) is 10.6 Å². The Kier molecular flexibility index (Phi) is 4.14. The molecule has 130 valence electrons. The molecule has 0 spiro atoms. The van der Waals surface area contributed by atoms with Crippen molar-refractivity contribution in [2.45, 2.75) is 24.2 Å². The van der Waals surface area contributed by atoms with Gasteiger partial charge in [-0.15, -0.1) is 10.2 Å². The van der Waals surface area contributed by atoms with Gasteiger partial charge in [-0.05, 0) is 31.0 Å². The molecule has 4 rings (SSSR count). The summed E-state index contributed by atoms with van der Waals surface area (Å²) in [6, 6.07) is 11.0. The van der Waals surface area contributed by atoms with Crippen molar-refractivity contribution in [1.29, 1.82) is 0 Å². The molecule has 1 saturated heterocycles. The molecule has 0 aliphatic carbocycles. The van der Waals surface area contributed by atoms with Gasteiger partial charge in [0, 0.05) is 24.8 Å². The van der Waals surface area contributed by atoms with Crippen molar-refractivity contribution in [2.24, 2.45) is 0 Å². The van der Waals surface area contributed by atoms with Crippen molar-refractivity contribution in [2.75, 3.05) is 13.1 Å². The molecule has 1 aromatic carbocycles. The predicted molar refractivity (Wildman–Crippen MR) is 92.1 cm³/mol. The molecule has 8 heteroatoms. The van der Waals surface area contributed by atoms with Crippen LogP contribution in [0.3, 0.4) is 0 Å². The summed E-state index contributed by atoms with van der Waals surface area (Å²) in [4.78, 5) is 3.16. The van der Waals surface area contributed by atoms with Crippen LogP contribution in [0.15, 0.2) is 51.9 Å². The molecular weight excluding hydrogens is 340 g/mol. The summed E-state index contributed by atoms with van der Waals surface area (Å²) < 4.78 is 32.6. The molecule has 1 aliphatic heterocycles. The maximum atomic E-state index is 12.7. The van der Waals surface area contributed by atoms with E-state index in [9.17, 15) is 8.42 Å². The lowest BCUT2D eigenvalue weighted by Crippen LogP contribution is -2.35. The van der Waals surface area contributed by atoms with Gasteiger partial charge in [-0.3, -0.25) is 0 Å². The van der Waals surface area contributed by atoms with Crippen molar-refractivity contribution in [3.63, 3.8) is 0 Å². The Morgan fingerprint density at radius 3 is 2.48 bits per heavy atom. The van der Waals surface area contributed by atoms with Crippen LogP contribution in [0.2, 0.25) is 0 Å². The number of nitrogens with zero attached hydrogens (tertiary/aromatic N) is 3. The molecule has 3 aromatic rings. The van der Waals surface area contributed by atoms with Crippen LogP contribution >= 0.6 is 0 Å². The summed E-state index contributed by atoms with van der Waals surface area (Å²) in [6.07, 6.45) is 4.36. The minimum Gasteiger partial charge on any atom is -0.415 e. The molecule has 0 unspecified atom stereocenters. The third-order valence-corrected chi connectivity index (χ3v) is 6.16. The normalized spacial score (nSPS) is 16.2. The number of rotatable bonds is 4. The third-order valence-electron chi connectivity index (χ3n) is 4.29. The zero-order valence-electron chi connectivity index (χ0n) is 13.6.